The van der Waals surface area contributed by atoms with Crippen LogP contribution in [0.1, 0.15) is 35.2 Å². The summed E-state index contributed by atoms with van der Waals surface area (Å²) in [6.07, 6.45) is 1.79. The highest BCUT2D eigenvalue weighted by Gasteiger charge is 2.35. The Labute approximate surface area is 268 Å². The lowest BCUT2D eigenvalue weighted by molar-refractivity contribution is -0.138. The second kappa shape index (κ2) is 13.4. The van der Waals surface area contributed by atoms with Crippen molar-refractivity contribution in [3.05, 3.63) is 156 Å². The number of carbonyl (C=O) groups excluding carboxylic acids is 1. The van der Waals surface area contributed by atoms with E-state index in [0.29, 0.717) is 37.1 Å². The number of rotatable bonds is 9. The molecule has 0 saturated heterocycles. The first-order valence-corrected chi connectivity index (χ1v) is 15.6. The zero-order chi connectivity index (χ0) is 31.3. The smallest absolute Gasteiger partial charge is 0.338 e. The first kappa shape index (κ1) is 30.1. The minimum atomic E-state index is -0.728. The van der Waals surface area contributed by atoms with Crippen LogP contribution in [0.4, 0.5) is 0 Å². The maximum absolute atomic E-state index is 14.1. The predicted octanol–water partition coefficient (Wildman–Crippen LogP) is 6.18. The normalized spacial score (nSPS) is 14.5. The standard InChI is InChI=1S/C36H29ClN2O5S/c1-3-43-35(41)31-32(24-12-6-4-7-13-24)38-36-39(33(31)25-14-8-5-9-15-25)34(40)30(45-36)21-23-18-19-28(29(20-23)42-2)44-22-26-16-10-11-17-27(26)37/h4-21,33H,3,22H2,1-2H3/b30-21-/t33-/m1/s1. The molecular formula is C36H29ClN2O5S. The highest BCUT2D eigenvalue weighted by Crippen LogP contribution is 2.35. The fourth-order valence-electron chi connectivity index (χ4n) is 5.21. The third-order valence-electron chi connectivity index (χ3n) is 7.32. The van der Waals surface area contributed by atoms with Gasteiger partial charge in [0.1, 0.15) is 6.61 Å². The lowest BCUT2D eigenvalue weighted by Gasteiger charge is -2.25. The van der Waals surface area contributed by atoms with Crippen molar-refractivity contribution < 1.29 is 19.0 Å². The molecule has 1 aromatic heterocycles. The van der Waals surface area contributed by atoms with E-state index in [9.17, 15) is 9.59 Å². The van der Waals surface area contributed by atoms with Gasteiger partial charge in [-0.1, -0.05) is 108 Å². The number of thiazole rings is 1. The first-order chi connectivity index (χ1) is 22.0. The van der Waals surface area contributed by atoms with Gasteiger partial charge in [-0.3, -0.25) is 9.36 Å². The Hall–Kier alpha value is -4.92. The molecule has 4 aromatic carbocycles. The highest BCUT2D eigenvalue weighted by atomic mass is 35.5. The van der Waals surface area contributed by atoms with Crippen molar-refractivity contribution in [2.75, 3.05) is 13.7 Å². The molecule has 0 unspecified atom stereocenters. The summed E-state index contributed by atoms with van der Waals surface area (Å²) in [4.78, 5) is 33.1. The van der Waals surface area contributed by atoms with Crippen LogP contribution in [0.15, 0.2) is 118 Å². The molecule has 45 heavy (non-hydrogen) atoms. The molecular weight excluding hydrogens is 608 g/mol. The summed E-state index contributed by atoms with van der Waals surface area (Å²) in [6.45, 7) is 2.23. The van der Waals surface area contributed by atoms with Crippen LogP contribution in [0.2, 0.25) is 5.02 Å². The number of halogens is 1. The highest BCUT2D eigenvalue weighted by molar-refractivity contribution is 7.07. The van der Waals surface area contributed by atoms with Crippen LogP contribution in [0.25, 0.3) is 11.8 Å². The van der Waals surface area contributed by atoms with Gasteiger partial charge in [0.2, 0.25) is 0 Å². The number of carbonyl (C=O) groups is 1. The molecule has 5 aromatic rings. The van der Waals surface area contributed by atoms with Gasteiger partial charge in [-0.2, -0.15) is 0 Å². The second-order valence-electron chi connectivity index (χ2n) is 10.1. The molecule has 9 heteroatoms. The summed E-state index contributed by atoms with van der Waals surface area (Å²) >= 11 is 7.55. The number of hydrogen-bond acceptors (Lipinski definition) is 7. The molecule has 1 aliphatic heterocycles. The zero-order valence-corrected chi connectivity index (χ0v) is 26.2. The molecule has 0 spiro atoms. The van der Waals surface area contributed by atoms with Gasteiger partial charge >= 0.3 is 5.97 Å². The molecule has 2 heterocycles. The summed E-state index contributed by atoms with van der Waals surface area (Å²) in [5.74, 6) is 0.550. The van der Waals surface area contributed by atoms with E-state index in [2.05, 4.69) is 0 Å². The molecule has 6 rings (SSSR count). The molecule has 1 aliphatic rings. The van der Waals surface area contributed by atoms with Crippen molar-refractivity contribution in [3.8, 4) is 11.5 Å². The van der Waals surface area contributed by atoms with E-state index >= 15 is 0 Å². The van der Waals surface area contributed by atoms with Crippen LogP contribution >= 0.6 is 22.9 Å². The van der Waals surface area contributed by atoms with Crippen molar-refractivity contribution in [1.82, 2.24) is 4.57 Å². The van der Waals surface area contributed by atoms with Gasteiger partial charge in [-0.15, -0.1) is 0 Å². The van der Waals surface area contributed by atoms with Crippen molar-refractivity contribution in [2.24, 2.45) is 4.99 Å². The van der Waals surface area contributed by atoms with Gasteiger partial charge in [0, 0.05) is 16.1 Å². The number of ether oxygens (including phenoxy) is 3. The number of hydrogen-bond donors (Lipinski definition) is 0. The van der Waals surface area contributed by atoms with Crippen molar-refractivity contribution >= 4 is 40.7 Å². The fraction of sp³-hybridized carbons (Fsp3) is 0.139. The van der Waals surface area contributed by atoms with Gasteiger partial charge < -0.3 is 14.2 Å². The molecule has 7 nitrogen and oxygen atoms in total. The Morgan fingerprint density at radius 3 is 2.38 bits per heavy atom. The van der Waals surface area contributed by atoms with E-state index in [1.165, 1.54) is 11.3 Å². The Balaban J connectivity index is 1.46. The molecule has 0 bridgehead atoms. The molecule has 1 atom stereocenters. The summed E-state index contributed by atoms with van der Waals surface area (Å²) in [7, 11) is 1.57. The van der Waals surface area contributed by atoms with Crippen LogP contribution in [-0.2, 0) is 16.1 Å². The first-order valence-electron chi connectivity index (χ1n) is 14.4. The third kappa shape index (κ3) is 6.20. The minimum Gasteiger partial charge on any atom is -0.493 e. The fourth-order valence-corrected chi connectivity index (χ4v) is 6.40. The Kier molecular flexibility index (Phi) is 8.96. The van der Waals surface area contributed by atoms with Gasteiger partial charge in [-0.25, -0.2) is 9.79 Å². The number of nitrogens with zero attached hydrogens (tertiary/aromatic N) is 2. The van der Waals surface area contributed by atoms with Crippen LogP contribution in [0.5, 0.6) is 11.5 Å². The van der Waals surface area contributed by atoms with E-state index < -0.39 is 12.0 Å². The largest absolute Gasteiger partial charge is 0.493 e. The maximum atomic E-state index is 14.1. The van der Waals surface area contributed by atoms with Crippen molar-refractivity contribution in [1.29, 1.82) is 0 Å². The maximum Gasteiger partial charge on any atom is 0.338 e. The van der Waals surface area contributed by atoms with Gasteiger partial charge in [0.15, 0.2) is 16.3 Å². The molecule has 0 saturated carbocycles. The van der Waals surface area contributed by atoms with Crippen LogP contribution in [0, 0.1) is 0 Å². The molecule has 0 aliphatic carbocycles. The second-order valence-corrected chi connectivity index (χ2v) is 11.5. The van der Waals surface area contributed by atoms with Crippen LogP contribution < -0.4 is 24.4 Å². The third-order valence-corrected chi connectivity index (χ3v) is 8.67. The Morgan fingerprint density at radius 2 is 1.67 bits per heavy atom. The van der Waals surface area contributed by atoms with Crippen molar-refractivity contribution in [3.63, 3.8) is 0 Å². The van der Waals surface area contributed by atoms with E-state index in [4.69, 9.17) is 30.8 Å². The summed E-state index contributed by atoms with van der Waals surface area (Å²) in [5.41, 5.74) is 3.67. The Morgan fingerprint density at radius 1 is 0.956 bits per heavy atom. The molecule has 0 amide bonds. The van der Waals surface area contributed by atoms with E-state index in [-0.39, 0.29) is 18.8 Å². The monoisotopic (exact) mass is 636 g/mol. The molecule has 0 fully saturated rings. The molecule has 0 N–H and O–H groups in total. The zero-order valence-electron chi connectivity index (χ0n) is 24.6. The number of aromatic nitrogens is 1. The minimum absolute atomic E-state index is 0.191. The van der Waals surface area contributed by atoms with Gasteiger partial charge in [0.05, 0.1) is 35.6 Å². The lowest BCUT2D eigenvalue weighted by Crippen LogP contribution is -2.39. The molecule has 0 radical (unpaired) electrons. The van der Waals surface area contributed by atoms with Crippen molar-refractivity contribution in [2.45, 2.75) is 19.6 Å². The lowest BCUT2D eigenvalue weighted by atomic mass is 9.93. The topological polar surface area (TPSA) is 79.1 Å². The SMILES string of the molecule is CCOC(=O)C1=C(c2ccccc2)N=c2s/c(=C\c3ccc(OCc4ccccc4Cl)c(OC)c3)c(=O)n2[C@@H]1c1ccccc1. The molecule has 226 valence electrons. The van der Waals surface area contributed by atoms with Crippen LogP contribution in [0.3, 0.4) is 0 Å². The van der Waals surface area contributed by atoms with Crippen LogP contribution in [-0.4, -0.2) is 24.3 Å². The average Bonchev–Trinajstić information content (AvgIpc) is 3.38. The summed E-state index contributed by atoms with van der Waals surface area (Å²) in [5, 5.41) is 0.624. The number of fused-ring (bicyclic) bond motifs is 1. The van der Waals surface area contributed by atoms with E-state index in [1.54, 1.807) is 30.7 Å². The van der Waals surface area contributed by atoms with E-state index in [1.807, 2.05) is 97.1 Å². The summed E-state index contributed by atoms with van der Waals surface area (Å²) < 4.78 is 19.2. The summed E-state index contributed by atoms with van der Waals surface area (Å²) in [6, 6.07) is 31.2. The van der Waals surface area contributed by atoms with Gasteiger partial charge in [0.25, 0.3) is 5.56 Å². The average molecular weight is 637 g/mol. The number of benzene rings is 4. The number of esters is 1. The predicted molar refractivity (Wildman–Crippen MR) is 176 cm³/mol. The van der Waals surface area contributed by atoms with E-state index in [0.717, 1.165) is 22.3 Å². The quantitative estimate of drug-likeness (QED) is 0.181. The number of methoxy groups -OCH3 is 1. The Bertz CT molecular complexity index is 2070. The van der Waals surface area contributed by atoms with Gasteiger partial charge in [-0.05, 0) is 42.3 Å².